The zero-order valence-electron chi connectivity index (χ0n) is 42.5. The number of hydrogen-bond donors (Lipinski definition) is 0. The summed E-state index contributed by atoms with van der Waals surface area (Å²) in [6.45, 7) is 16.8. The molecule has 5 rings (SSSR count). The number of hydrogen-bond acceptors (Lipinski definition) is 10. The van der Waals surface area contributed by atoms with E-state index < -0.39 is 17.9 Å². The fourth-order valence-electron chi connectivity index (χ4n) is 8.30. The first-order chi connectivity index (χ1) is 34.0. The summed E-state index contributed by atoms with van der Waals surface area (Å²) >= 11 is 2.40. The SMILES string of the molecule is CCCCOc1c2cc(I)cc1Cc1cc(/C=C/C(=O)OCC)cc(c1OCCCC)Cc1cc(/C=C/C(=O)OCC)cc(c1OCCCC)Cc1cc(/C=C/C(=O)OCC)cc(c1OCCCC)C2. The average molecular weight is 1070 g/mol. The summed E-state index contributed by atoms with van der Waals surface area (Å²) < 4.78 is 44.6. The van der Waals surface area contributed by atoms with Crippen LogP contribution in [0, 0.1) is 3.57 Å². The second-order valence-electron chi connectivity index (χ2n) is 17.3. The van der Waals surface area contributed by atoms with Crippen molar-refractivity contribution in [3.8, 4) is 23.0 Å². The maximum Gasteiger partial charge on any atom is 0.330 e. The zero-order valence-corrected chi connectivity index (χ0v) is 44.6. The second kappa shape index (κ2) is 29.6. The lowest BCUT2D eigenvalue weighted by Gasteiger charge is -2.24. The standard InChI is InChI=1S/C59H73IO10/c1-8-15-25-67-56-44-29-41(19-22-53(61)64-12-5)30-45(56)36-47-32-43(21-24-55(63)66-14-7)34-49(58(47)69-27-17-10-3)38-51-40-52(60)39-50(59(51)70-28-18-11-4)37-48-33-42(20-23-54(62)65-13-6)31-46(35-44)57(48)68-26-16-9-2/h19-24,29-34,39-40H,8-18,25-28,35-38H2,1-7H3/b22-19+,23-20+,24-21+. The van der Waals surface area contributed by atoms with Crippen LogP contribution in [0.4, 0.5) is 0 Å². The molecule has 0 radical (unpaired) electrons. The number of ether oxygens (including phenoxy) is 7. The van der Waals surface area contributed by atoms with Gasteiger partial charge in [-0.1, -0.05) is 53.4 Å². The van der Waals surface area contributed by atoms with Crippen LogP contribution in [-0.4, -0.2) is 64.2 Å². The van der Waals surface area contributed by atoms with Gasteiger partial charge in [0.2, 0.25) is 0 Å². The Bertz CT molecular complexity index is 2330. The molecule has 0 aromatic heterocycles. The summed E-state index contributed by atoms with van der Waals surface area (Å²) in [6.07, 6.45) is 18.8. The van der Waals surface area contributed by atoms with Gasteiger partial charge in [0, 0.05) is 47.5 Å². The highest BCUT2D eigenvalue weighted by Crippen LogP contribution is 2.41. The molecule has 1 aliphatic rings. The minimum Gasteiger partial charge on any atom is -0.493 e. The quantitative estimate of drug-likeness (QED) is 0.0184. The Hall–Kier alpha value is -5.56. The van der Waals surface area contributed by atoms with Crippen molar-refractivity contribution < 1.29 is 47.5 Å². The molecule has 0 amide bonds. The Balaban J connectivity index is 1.95. The van der Waals surface area contributed by atoms with Crippen molar-refractivity contribution in [2.45, 2.75) is 126 Å². The van der Waals surface area contributed by atoms with E-state index in [2.05, 4.69) is 98.8 Å². The van der Waals surface area contributed by atoms with Crippen molar-refractivity contribution in [2.75, 3.05) is 46.2 Å². The third-order valence-corrected chi connectivity index (χ3v) is 12.2. The van der Waals surface area contributed by atoms with E-state index in [1.54, 1.807) is 39.0 Å². The topological polar surface area (TPSA) is 116 Å². The summed E-state index contributed by atoms with van der Waals surface area (Å²) in [7, 11) is 0. The molecule has 11 heteroatoms. The van der Waals surface area contributed by atoms with E-state index in [9.17, 15) is 14.4 Å². The van der Waals surface area contributed by atoms with Crippen LogP contribution < -0.4 is 18.9 Å². The molecular weight excluding hydrogens is 996 g/mol. The first-order valence-electron chi connectivity index (χ1n) is 25.4. The Morgan fingerprint density at radius 1 is 0.400 bits per heavy atom. The molecule has 0 spiro atoms. The fraction of sp³-hybridized carbons (Fsp3) is 0.441. The van der Waals surface area contributed by atoms with Gasteiger partial charge < -0.3 is 33.2 Å². The summed E-state index contributed by atoms with van der Waals surface area (Å²) in [5.41, 5.74) is 9.96. The minimum atomic E-state index is -0.436. The van der Waals surface area contributed by atoms with Crippen molar-refractivity contribution in [1.82, 2.24) is 0 Å². The minimum absolute atomic E-state index is 0.257. The molecule has 0 heterocycles. The average Bonchev–Trinajstić information content (AvgIpc) is 3.32. The van der Waals surface area contributed by atoms with Crippen LogP contribution >= 0.6 is 22.6 Å². The van der Waals surface area contributed by atoms with Gasteiger partial charge in [0.15, 0.2) is 0 Å². The maximum absolute atomic E-state index is 12.8. The summed E-state index contributed by atoms with van der Waals surface area (Å²) in [4.78, 5) is 38.4. The molecule has 376 valence electrons. The van der Waals surface area contributed by atoms with Crippen molar-refractivity contribution >= 4 is 58.7 Å². The molecule has 0 aliphatic heterocycles. The lowest BCUT2D eigenvalue weighted by Crippen LogP contribution is -2.11. The number of rotatable bonds is 25. The van der Waals surface area contributed by atoms with Crippen molar-refractivity contribution in [2.24, 2.45) is 0 Å². The number of carbonyl (C=O) groups is 3. The molecule has 0 saturated heterocycles. The molecule has 70 heavy (non-hydrogen) atoms. The first kappa shape index (κ1) is 55.4. The van der Waals surface area contributed by atoms with E-state index in [-0.39, 0.29) is 19.8 Å². The third kappa shape index (κ3) is 16.8. The van der Waals surface area contributed by atoms with E-state index in [4.69, 9.17) is 33.2 Å². The molecule has 8 bridgehead atoms. The molecule has 0 unspecified atom stereocenters. The summed E-state index contributed by atoms with van der Waals surface area (Å²) in [6, 6.07) is 16.9. The highest BCUT2D eigenvalue weighted by molar-refractivity contribution is 14.1. The van der Waals surface area contributed by atoms with Crippen molar-refractivity contribution in [3.63, 3.8) is 0 Å². The molecule has 0 fully saturated rings. The highest BCUT2D eigenvalue weighted by Gasteiger charge is 2.24. The molecule has 4 aromatic rings. The van der Waals surface area contributed by atoms with Crippen LogP contribution in [0.2, 0.25) is 0 Å². The van der Waals surface area contributed by atoms with Crippen LogP contribution in [0.25, 0.3) is 18.2 Å². The van der Waals surface area contributed by atoms with Crippen LogP contribution in [-0.2, 0) is 54.3 Å². The summed E-state index contributed by atoms with van der Waals surface area (Å²) in [5.74, 6) is 1.83. The first-order valence-corrected chi connectivity index (χ1v) is 26.5. The monoisotopic (exact) mass is 1070 g/mol. The lowest BCUT2D eigenvalue weighted by atomic mass is 9.88. The molecular formula is C59H73IO10. The normalized spacial score (nSPS) is 12.3. The maximum atomic E-state index is 12.8. The van der Waals surface area contributed by atoms with Crippen molar-refractivity contribution in [1.29, 1.82) is 0 Å². The van der Waals surface area contributed by atoms with Gasteiger partial charge in [0.25, 0.3) is 0 Å². The van der Waals surface area contributed by atoms with Crippen LogP contribution in [0.1, 0.15) is 161 Å². The van der Waals surface area contributed by atoms with Crippen molar-refractivity contribution in [3.05, 3.63) is 132 Å². The van der Waals surface area contributed by atoms with E-state index in [0.717, 1.165) is 139 Å². The number of unbranched alkanes of at least 4 members (excludes halogenated alkanes) is 4. The predicted octanol–water partition coefficient (Wildman–Crippen LogP) is 13.4. The molecule has 0 atom stereocenters. The van der Waals surface area contributed by atoms with Crippen LogP contribution in [0.3, 0.4) is 0 Å². The number of esters is 3. The lowest BCUT2D eigenvalue weighted by molar-refractivity contribution is -0.138. The summed E-state index contributed by atoms with van der Waals surface area (Å²) in [5, 5.41) is 0. The fourth-order valence-corrected chi connectivity index (χ4v) is 9.05. The van der Waals surface area contributed by atoms with Gasteiger partial charge in [0.1, 0.15) is 23.0 Å². The van der Waals surface area contributed by atoms with Gasteiger partial charge >= 0.3 is 17.9 Å². The molecule has 10 nitrogen and oxygen atoms in total. The second-order valence-corrected chi connectivity index (χ2v) is 18.6. The van der Waals surface area contributed by atoms with Gasteiger partial charge in [-0.2, -0.15) is 0 Å². The number of carbonyl (C=O) groups excluding carboxylic acids is 3. The Kier molecular flexibility index (Phi) is 23.4. The van der Waals surface area contributed by atoms with Gasteiger partial charge in [-0.15, -0.1) is 0 Å². The number of fused-ring (bicyclic) bond motifs is 8. The molecule has 1 aliphatic carbocycles. The smallest absolute Gasteiger partial charge is 0.330 e. The number of benzene rings is 4. The van der Waals surface area contributed by atoms with E-state index in [1.807, 2.05) is 0 Å². The van der Waals surface area contributed by atoms with Crippen LogP contribution in [0.15, 0.2) is 66.8 Å². The van der Waals surface area contributed by atoms with Gasteiger partial charge in [-0.3, -0.25) is 0 Å². The van der Waals surface area contributed by atoms with Crippen LogP contribution in [0.5, 0.6) is 23.0 Å². The number of halogens is 1. The Morgan fingerprint density at radius 3 is 0.843 bits per heavy atom. The van der Waals surface area contributed by atoms with E-state index >= 15 is 0 Å². The third-order valence-electron chi connectivity index (χ3n) is 11.6. The molecule has 4 aromatic carbocycles. The highest BCUT2D eigenvalue weighted by atomic mass is 127. The Morgan fingerprint density at radius 2 is 0.629 bits per heavy atom. The van der Waals surface area contributed by atoms with E-state index in [0.29, 0.717) is 52.1 Å². The molecule has 0 N–H and O–H groups in total. The predicted molar refractivity (Wildman–Crippen MR) is 288 cm³/mol. The largest absolute Gasteiger partial charge is 0.493 e. The zero-order chi connectivity index (χ0) is 50.3. The Labute approximate surface area is 430 Å². The van der Waals surface area contributed by atoms with E-state index in [1.165, 1.54) is 18.2 Å². The van der Waals surface area contributed by atoms with Gasteiger partial charge in [-0.05, 0) is 197 Å². The molecule has 0 saturated carbocycles. The van der Waals surface area contributed by atoms with Gasteiger partial charge in [-0.25, -0.2) is 14.4 Å². The van der Waals surface area contributed by atoms with Gasteiger partial charge in [0.05, 0.1) is 46.2 Å².